The predicted octanol–water partition coefficient (Wildman–Crippen LogP) is 4.98. The van der Waals surface area contributed by atoms with Crippen LogP contribution in [0.25, 0.3) is 0 Å². The summed E-state index contributed by atoms with van der Waals surface area (Å²) in [5, 5.41) is 0. The molecule has 1 nitrogen and oxygen atoms in total. The number of unbranched alkanes of at least 4 members (excludes halogenated alkanes) is 9. The molecule has 0 atom stereocenters. The zero-order chi connectivity index (χ0) is 12.6. The second-order valence-corrected chi connectivity index (χ2v) is 4.71. The molecule has 0 aliphatic heterocycles. The zero-order valence-corrected chi connectivity index (χ0v) is 11.7. The lowest BCUT2D eigenvalue weighted by atomic mass is 10.1. The topological polar surface area (TPSA) is 26.0 Å². The molecule has 0 aromatic heterocycles. The standard InChI is InChI=1S/C16H31N/c1-2-3-4-5-6-7-8-9-10-11-12-13-14-15-16-17/h12-15H,2-11,16-17H2,1H3. The fourth-order valence-corrected chi connectivity index (χ4v) is 1.90. The van der Waals surface area contributed by atoms with Crippen molar-refractivity contribution in [2.75, 3.05) is 6.54 Å². The molecule has 0 aromatic carbocycles. The molecule has 0 saturated carbocycles. The van der Waals surface area contributed by atoms with E-state index in [1.54, 1.807) is 0 Å². The van der Waals surface area contributed by atoms with Crippen molar-refractivity contribution >= 4 is 0 Å². The van der Waals surface area contributed by atoms with Gasteiger partial charge in [-0.05, 0) is 12.8 Å². The summed E-state index contributed by atoms with van der Waals surface area (Å²) in [6, 6.07) is 0. The number of hydrogen-bond acceptors (Lipinski definition) is 1. The second kappa shape index (κ2) is 15.4. The summed E-state index contributed by atoms with van der Waals surface area (Å²) in [5.41, 5.74) is 5.35. The van der Waals surface area contributed by atoms with Crippen LogP contribution in [0.15, 0.2) is 24.3 Å². The molecule has 0 fully saturated rings. The molecule has 0 unspecified atom stereocenters. The molecule has 0 heterocycles. The summed E-state index contributed by atoms with van der Waals surface area (Å²) in [4.78, 5) is 0. The minimum atomic E-state index is 0.641. The van der Waals surface area contributed by atoms with E-state index in [4.69, 9.17) is 5.73 Å². The average Bonchev–Trinajstić information content (AvgIpc) is 2.35. The summed E-state index contributed by atoms with van der Waals surface area (Å²) in [7, 11) is 0. The van der Waals surface area contributed by atoms with E-state index in [0.717, 1.165) is 0 Å². The Balaban J connectivity index is 3.03. The Morgan fingerprint density at radius 3 is 1.82 bits per heavy atom. The number of hydrogen-bond donors (Lipinski definition) is 1. The third kappa shape index (κ3) is 15.4. The van der Waals surface area contributed by atoms with E-state index < -0.39 is 0 Å². The van der Waals surface area contributed by atoms with Crippen LogP contribution in [0.3, 0.4) is 0 Å². The van der Waals surface area contributed by atoms with Crippen LogP contribution in [0, 0.1) is 0 Å². The molecule has 0 amide bonds. The van der Waals surface area contributed by atoms with Crippen LogP contribution in [-0.4, -0.2) is 6.54 Å². The third-order valence-electron chi connectivity index (χ3n) is 2.99. The number of rotatable bonds is 12. The Kier molecular flexibility index (Phi) is 14.9. The largest absolute Gasteiger partial charge is 0.327 e. The Bertz CT molecular complexity index is 182. The van der Waals surface area contributed by atoms with Gasteiger partial charge in [0.25, 0.3) is 0 Å². The van der Waals surface area contributed by atoms with Gasteiger partial charge in [-0.3, -0.25) is 0 Å². The molecular formula is C16H31N. The minimum Gasteiger partial charge on any atom is -0.327 e. The van der Waals surface area contributed by atoms with E-state index in [9.17, 15) is 0 Å². The lowest BCUT2D eigenvalue weighted by Crippen LogP contribution is -1.91. The highest BCUT2D eigenvalue weighted by molar-refractivity contribution is 5.02. The van der Waals surface area contributed by atoms with Crippen LogP contribution in [0.4, 0.5) is 0 Å². The van der Waals surface area contributed by atoms with Crippen molar-refractivity contribution in [3.8, 4) is 0 Å². The van der Waals surface area contributed by atoms with Gasteiger partial charge in [0, 0.05) is 6.54 Å². The first-order chi connectivity index (χ1) is 8.41. The van der Waals surface area contributed by atoms with Gasteiger partial charge in [0.2, 0.25) is 0 Å². The normalized spacial score (nSPS) is 11.9. The van der Waals surface area contributed by atoms with Crippen LogP contribution in [0.1, 0.15) is 71.1 Å². The average molecular weight is 237 g/mol. The van der Waals surface area contributed by atoms with Crippen molar-refractivity contribution in [2.45, 2.75) is 71.1 Å². The molecule has 2 N–H and O–H groups in total. The molecule has 0 spiro atoms. The van der Waals surface area contributed by atoms with Gasteiger partial charge in [0.05, 0.1) is 0 Å². The smallest absolute Gasteiger partial charge is 0.0109 e. The SMILES string of the molecule is CCCCCCCCCCCC=CC=CCN. The number of nitrogens with two attached hydrogens (primary N) is 1. The first-order valence-electron chi connectivity index (χ1n) is 7.43. The van der Waals surface area contributed by atoms with Gasteiger partial charge in [-0.25, -0.2) is 0 Å². The quantitative estimate of drug-likeness (QED) is 0.376. The highest BCUT2D eigenvalue weighted by atomic mass is 14.5. The second-order valence-electron chi connectivity index (χ2n) is 4.71. The summed E-state index contributed by atoms with van der Waals surface area (Å²) < 4.78 is 0. The van der Waals surface area contributed by atoms with Gasteiger partial charge in [-0.15, -0.1) is 0 Å². The van der Waals surface area contributed by atoms with E-state index in [0.29, 0.717) is 6.54 Å². The molecule has 1 heteroatoms. The van der Waals surface area contributed by atoms with Gasteiger partial charge in [-0.2, -0.15) is 0 Å². The predicted molar refractivity (Wildman–Crippen MR) is 79.2 cm³/mol. The van der Waals surface area contributed by atoms with Crippen LogP contribution < -0.4 is 5.73 Å². The molecular weight excluding hydrogens is 206 g/mol. The molecule has 0 aliphatic carbocycles. The van der Waals surface area contributed by atoms with Gasteiger partial charge in [-0.1, -0.05) is 82.6 Å². The lowest BCUT2D eigenvalue weighted by molar-refractivity contribution is 0.566. The zero-order valence-electron chi connectivity index (χ0n) is 11.7. The summed E-state index contributed by atoms with van der Waals surface area (Å²) in [5.74, 6) is 0. The molecule has 0 bridgehead atoms. The van der Waals surface area contributed by atoms with E-state index in [1.807, 2.05) is 12.2 Å². The monoisotopic (exact) mass is 237 g/mol. The molecule has 0 aromatic rings. The van der Waals surface area contributed by atoms with Crippen LogP contribution in [0.5, 0.6) is 0 Å². The van der Waals surface area contributed by atoms with Crippen LogP contribution >= 0.6 is 0 Å². The van der Waals surface area contributed by atoms with Crippen molar-refractivity contribution in [3.63, 3.8) is 0 Å². The summed E-state index contributed by atoms with van der Waals surface area (Å²) in [6.07, 6.45) is 22.2. The Hall–Kier alpha value is -0.560. The molecule has 0 aliphatic rings. The maximum absolute atomic E-state index is 5.35. The minimum absolute atomic E-state index is 0.641. The highest BCUT2D eigenvalue weighted by Gasteiger charge is 1.90. The Labute approximate surface area is 108 Å². The fraction of sp³-hybridized carbons (Fsp3) is 0.750. The van der Waals surface area contributed by atoms with Gasteiger partial charge in [0.15, 0.2) is 0 Å². The molecule has 0 saturated heterocycles. The van der Waals surface area contributed by atoms with Crippen molar-refractivity contribution < 1.29 is 0 Å². The van der Waals surface area contributed by atoms with E-state index in [1.165, 1.54) is 64.2 Å². The van der Waals surface area contributed by atoms with Crippen molar-refractivity contribution in [1.29, 1.82) is 0 Å². The first-order valence-corrected chi connectivity index (χ1v) is 7.43. The lowest BCUT2D eigenvalue weighted by Gasteiger charge is -2.00. The summed E-state index contributed by atoms with van der Waals surface area (Å²) >= 11 is 0. The number of allylic oxidation sites excluding steroid dienone is 3. The van der Waals surface area contributed by atoms with E-state index in [-0.39, 0.29) is 0 Å². The molecule has 0 rings (SSSR count). The van der Waals surface area contributed by atoms with Crippen LogP contribution in [-0.2, 0) is 0 Å². The highest BCUT2D eigenvalue weighted by Crippen LogP contribution is 2.10. The van der Waals surface area contributed by atoms with Gasteiger partial charge < -0.3 is 5.73 Å². The first kappa shape index (κ1) is 16.4. The fourth-order valence-electron chi connectivity index (χ4n) is 1.90. The summed E-state index contributed by atoms with van der Waals surface area (Å²) in [6.45, 7) is 2.92. The van der Waals surface area contributed by atoms with Crippen molar-refractivity contribution in [1.82, 2.24) is 0 Å². The molecule has 100 valence electrons. The van der Waals surface area contributed by atoms with Gasteiger partial charge >= 0.3 is 0 Å². The van der Waals surface area contributed by atoms with Gasteiger partial charge in [0.1, 0.15) is 0 Å². The van der Waals surface area contributed by atoms with E-state index >= 15 is 0 Å². The van der Waals surface area contributed by atoms with E-state index in [2.05, 4.69) is 19.1 Å². The van der Waals surface area contributed by atoms with Crippen molar-refractivity contribution in [2.24, 2.45) is 5.73 Å². The van der Waals surface area contributed by atoms with Crippen molar-refractivity contribution in [3.05, 3.63) is 24.3 Å². The Morgan fingerprint density at radius 2 is 1.24 bits per heavy atom. The van der Waals surface area contributed by atoms with Crippen LogP contribution in [0.2, 0.25) is 0 Å². The molecule has 0 radical (unpaired) electrons. The Morgan fingerprint density at radius 1 is 0.706 bits per heavy atom. The third-order valence-corrected chi connectivity index (χ3v) is 2.99. The maximum Gasteiger partial charge on any atom is 0.0109 e. The maximum atomic E-state index is 5.35. The molecule has 17 heavy (non-hydrogen) atoms.